The Morgan fingerprint density at radius 1 is 1.41 bits per heavy atom. The van der Waals surface area contributed by atoms with Crippen LogP contribution in [0.3, 0.4) is 0 Å². The van der Waals surface area contributed by atoms with Crippen molar-refractivity contribution in [1.82, 2.24) is 4.90 Å². The fourth-order valence-corrected chi connectivity index (χ4v) is 1.88. The van der Waals surface area contributed by atoms with Crippen LogP contribution in [0, 0.1) is 11.6 Å². The Labute approximate surface area is 98.2 Å². The molecule has 1 aromatic carbocycles. The SMILES string of the molecule is CN(C(=O)c1c(F)ccc(N)c1F)C1CCC1. The number of nitrogen functional groups attached to an aromatic ring is 1. The van der Waals surface area contributed by atoms with Gasteiger partial charge in [-0.3, -0.25) is 4.79 Å². The van der Waals surface area contributed by atoms with Gasteiger partial charge in [0.15, 0.2) is 5.82 Å². The van der Waals surface area contributed by atoms with Gasteiger partial charge >= 0.3 is 0 Å². The summed E-state index contributed by atoms with van der Waals surface area (Å²) >= 11 is 0. The molecule has 2 rings (SSSR count). The van der Waals surface area contributed by atoms with E-state index in [1.807, 2.05) is 0 Å². The molecule has 0 spiro atoms. The summed E-state index contributed by atoms with van der Waals surface area (Å²) in [5.74, 6) is -2.48. The Kier molecular flexibility index (Phi) is 3.00. The summed E-state index contributed by atoms with van der Waals surface area (Å²) in [4.78, 5) is 13.4. The van der Waals surface area contributed by atoms with Gasteiger partial charge in [-0.25, -0.2) is 8.78 Å². The van der Waals surface area contributed by atoms with Gasteiger partial charge in [-0.1, -0.05) is 0 Å². The summed E-state index contributed by atoms with van der Waals surface area (Å²) in [5.41, 5.74) is 4.57. The molecule has 1 fully saturated rings. The van der Waals surface area contributed by atoms with Gasteiger partial charge in [-0.2, -0.15) is 0 Å². The molecule has 0 aliphatic heterocycles. The van der Waals surface area contributed by atoms with Crippen molar-refractivity contribution in [2.75, 3.05) is 12.8 Å². The first-order chi connectivity index (χ1) is 8.02. The molecular weight excluding hydrogens is 226 g/mol. The van der Waals surface area contributed by atoms with E-state index >= 15 is 0 Å². The van der Waals surface area contributed by atoms with Crippen molar-refractivity contribution in [1.29, 1.82) is 0 Å². The number of rotatable bonds is 2. The standard InChI is InChI=1S/C12H14F2N2O/c1-16(7-3-2-4-7)12(17)10-8(13)5-6-9(15)11(10)14/h5-7H,2-4,15H2,1H3. The highest BCUT2D eigenvalue weighted by atomic mass is 19.1. The topological polar surface area (TPSA) is 46.3 Å². The second-order valence-electron chi connectivity index (χ2n) is 4.33. The lowest BCUT2D eigenvalue weighted by molar-refractivity contribution is 0.0642. The second kappa shape index (κ2) is 4.31. The molecule has 0 heterocycles. The number of anilines is 1. The summed E-state index contributed by atoms with van der Waals surface area (Å²) in [6.07, 6.45) is 2.81. The van der Waals surface area contributed by atoms with Crippen LogP contribution in [0.2, 0.25) is 0 Å². The molecular formula is C12H14F2N2O. The van der Waals surface area contributed by atoms with Crippen LogP contribution < -0.4 is 5.73 Å². The molecule has 0 atom stereocenters. The van der Waals surface area contributed by atoms with Crippen LogP contribution in [0.1, 0.15) is 29.6 Å². The molecule has 5 heteroatoms. The number of hydrogen-bond acceptors (Lipinski definition) is 2. The number of benzene rings is 1. The third-order valence-electron chi connectivity index (χ3n) is 3.28. The van der Waals surface area contributed by atoms with E-state index in [1.165, 1.54) is 4.90 Å². The average molecular weight is 240 g/mol. The molecule has 0 aromatic heterocycles. The van der Waals surface area contributed by atoms with Gasteiger partial charge < -0.3 is 10.6 Å². The normalized spacial score (nSPS) is 15.5. The summed E-state index contributed by atoms with van der Waals surface area (Å²) < 4.78 is 27.1. The third kappa shape index (κ3) is 1.97. The molecule has 0 radical (unpaired) electrons. The average Bonchev–Trinajstić information content (AvgIpc) is 2.21. The number of amides is 1. The van der Waals surface area contributed by atoms with Gasteiger partial charge in [0.2, 0.25) is 0 Å². The zero-order valence-electron chi connectivity index (χ0n) is 9.54. The zero-order valence-corrected chi connectivity index (χ0v) is 9.54. The first kappa shape index (κ1) is 11.8. The highest BCUT2D eigenvalue weighted by Gasteiger charge is 2.30. The van der Waals surface area contributed by atoms with Crippen molar-refractivity contribution in [3.05, 3.63) is 29.3 Å². The van der Waals surface area contributed by atoms with E-state index in [0.717, 1.165) is 31.4 Å². The summed E-state index contributed by atoms with van der Waals surface area (Å²) in [6, 6.07) is 2.22. The maximum atomic E-state index is 13.6. The molecule has 1 aliphatic rings. The number of carbonyl (C=O) groups is 1. The Morgan fingerprint density at radius 3 is 2.59 bits per heavy atom. The molecule has 92 valence electrons. The Bertz CT molecular complexity index is 458. The number of hydrogen-bond donors (Lipinski definition) is 1. The lowest BCUT2D eigenvalue weighted by Gasteiger charge is -2.34. The largest absolute Gasteiger partial charge is 0.396 e. The summed E-state index contributed by atoms with van der Waals surface area (Å²) in [5, 5.41) is 0. The number of halogens is 2. The highest BCUT2D eigenvalue weighted by Crippen LogP contribution is 2.27. The van der Waals surface area contributed by atoms with Gasteiger partial charge in [0.05, 0.1) is 5.69 Å². The monoisotopic (exact) mass is 240 g/mol. The molecule has 0 saturated heterocycles. The Hall–Kier alpha value is -1.65. The predicted molar refractivity (Wildman–Crippen MR) is 60.5 cm³/mol. The van der Waals surface area contributed by atoms with Crippen LogP contribution >= 0.6 is 0 Å². The Morgan fingerprint density at radius 2 is 2.06 bits per heavy atom. The fourth-order valence-electron chi connectivity index (χ4n) is 1.88. The van der Waals surface area contributed by atoms with E-state index in [0.29, 0.717) is 0 Å². The van der Waals surface area contributed by atoms with Crippen molar-refractivity contribution in [2.24, 2.45) is 0 Å². The van der Waals surface area contributed by atoms with E-state index in [1.54, 1.807) is 7.05 Å². The zero-order chi connectivity index (χ0) is 12.6. The first-order valence-electron chi connectivity index (χ1n) is 5.53. The fraction of sp³-hybridized carbons (Fsp3) is 0.417. The number of nitrogens with zero attached hydrogens (tertiary/aromatic N) is 1. The van der Waals surface area contributed by atoms with Gasteiger partial charge in [0.1, 0.15) is 11.4 Å². The van der Waals surface area contributed by atoms with E-state index in [-0.39, 0.29) is 11.7 Å². The van der Waals surface area contributed by atoms with Crippen LogP contribution in [-0.2, 0) is 0 Å². The number of carbonyl (C=O) groups excluding carboxylic acids is 1. The number of nitrogens with two attached hydrogens (primary N) is 1. The summed E-state index contributed by atoms with van der Waals surface area (Å²) in [7, 11) is 1.56. The van der Waals surface area contributed by atoms with Crippen molar-refractivity contribution in [3.8, 4) is 0 Å². The maximum absolute atomic E-state index is 13.6. The summed E-state index contributed by atoms with van der Waals surface area (Å²) in [6.45, 7) is 0. The van der Waals surface area contributed by atoms with Gasteiger partial charge in [-0.05, 0) is 31.4 Å². The van der Waals surface area contributed by atoms with Crippen molar-refractivity contribution >= 4 is 11.6 Å². The molecule has 0 bridgehead atoms. The lowest BCUT2D eigenvalue weighted by atomic mass is 9.91. The molecule has 1 aliphatic carbocycles. The second-order valence-corrected chi connectivity index (χ2v) is 4.33. The van der Waals surface area contributed by atoms with Crippen LogP contribution in [0.25, 0.3) is 0 Å². The first-order valence-corrected chi connectivity index (χ1v) is 5.53. The molecule has 1 amide bonds. The minimum atomic E-state index is -0.971. The minimum absolute atomic E-state index is 0.0859. The predicted octanol–water partition coefficient (Wildman–Crippen LogP) is 2.17. The third-order valence-corrected chi connectivity index (χ3v) is 3.28. The van der Waals surface area contributed by atoms with E-state index < -0.39 is 23.1 Å². The minimum Gasteiger partial charge on any atom is -0.396 e. The van der Waals surface area contributed by atoms with E-state index in [9.17, 15) is 13.6 Å². The van der Waals surface area contributed by atoms with Crippen LogP contribution in [0.4, 0.5) is 14.5 Å². The van der Waals surface area contributed by atoms with Crippen LogP contribution in [-0.4, -0.2) is 23.9 Å². The Balaban J connectivity index is 2.32. The lowest BCUT2D eigenvalue weighted by Crippen LogP contribution is -2.42. The molecule has 17 heavy (non-hydrogen) atoms. The highest BCUT2D eigenvalue weighted by molar-refractivity contribution is 5.95. The van der Waals surface area contributed by atoms with Crippen LogP contribution in [0.5, 0.6) is 0 Å². The molecule has 1 aromatic rings. The van der Waals surface area contributed by atoms with Crippen LogP contribution in [0.15, 0.2) is 12.1 Å². The van der Waals surface area contributed by atoms with Crippen molar-refractivity contribution in [2.45, 2.75) is 25.3 Å². The van der Waals surface area contributed by atoms with Gasteiger partial charge in [0, 0.05) is 13.1 Å². The molecule has 2 N–H and O–H groups in total. The molecule has 3 nitrogen and oxygen atoms in total. The van der Waals surface area contributed by atoms with Gasteiger partial charge in [-0.15, -0.1) is 0 Å². The maximum Gasteiger partial charge on any atom is 0.259 e. The van der Waals surface area contributed by atoms with E-state index in [4.69, 9.17) is 5.73 Å². The van der Waals surface area contributed by atoms with Crippen molar-refractivity contribution in [3.63, 3.8) is 0 Å². The van der Waals surface area contributed by atoms with E-state index in [2.05, 4.69) is 0 Å². The van der Waals surface area contributed by atoms with Crippen molar-refractivity contribution < 1.29 is 13.6 Å². The quantitative estimate of drug-likeness (QED) is 0.805. The van der Waals surface area contributed by atoms with Gasteiger partial charge in [0.25, 0.3) is 5.91 Å². The molecule has 0 unspecified atom stereocenters. The molecule has 1 saturated carbocycles. The smallest absolute Gasteiger partial charge is 0.259 e.